The van der Waals surface area contributed by atoms with E-state index in [0.717, 1.165) is 12.0 Å². The predicted octanol–water partition coefficient (Wildman–Crippen LogP) is 4.48. The van der Waals surface area contributed by atoms with E-state index in [2.05, 4.69) is 28.9 Å². The molecule has 1 aromatic carbocycles. The van der Waals surface area contributed by atoms with E-state index < -0.39 is 0 Å². The minimum Gasteiger partial charge on any atom is -0.371 e. The van der Waals surface area contributed by atoms with Crippen LogP contribution in [-0.4, -0.2) is 4.92 Å². The topological polar surface area (TPSA) is 55.2 Å². The van der Waals surface area contributed by atoms with E-state index >= 15 is 0 Å². The van der Waals surface area contributed by atoms with Gasteiger partial charge in [0, 0.05) is 16.9 Å². The number of nitrogens with zero attached hydrogens (tertiary/aromatic N) is 1. The fourth-order valence-electron chi connectivity index (χ4n) is 3.51. The first-order valence-electron chi connectivity index (χ1n) is 6.99. The van der Waals surface area contributed by atoms with Crippen molar-refractivity contribution >= 4 is 22.7 Å². The van der Waals surface area contributed by atoms with E-state index in [1.807, 2.05) is 12.1 Å². The van der Waals surface area contributed by atoms with E-state index in [4.69, 9.17) is 0 Å². The zero-order chi connectivity index (χ0) is 14.4. The Balaban J connectivity index is 1.86. The summed E-state index contributed by atoms with van der Waals surface area (Å²) in [7, 11) is 0. The molecule has 4 nitrogen and oxygen atoms in total. The lowest BCUT2D eigenvalue weighted by Gasteiger charge is -2.36. The summed E-state index contributed by atoms with van der Waals surface area (Å²) in [4.78, 5) is 12.3. The standard InChI is InChI=1S/C16H14N2O2S/c19-18(20)13-7-2-6-11-10-4-1-5-12(10)16(17-15(11)13)14-8-3-9-21-14/h1-4,6-10,12,16-17H,5H2. The van der Waals surface area contributed by atoms with Crippen molar-refractivity contribution in [3.8, 4) is 0 Å². The van der Waals surface area contributed by atoms with Gasteiger partial charge in [-0.15, -0.1) is 11.3 Å². The molecule has 3 unspecified atom stereocenters. The lowest BCUT2D eigenvalue weighted by Crippen LogP contribution is -2.28. The number of anilines is 1. The zero-order valence-corrected chi connectivity index (χ0v) is 12.0. The lowest BCUT2D eigenvalue weighted by molar-refractivity contribution is -0.384. The van der Waals surface area contributed by atoms with Crippen LogP contribution in [0, 0.1) is 16.0 Å². The zero-order valence-electron chi connectivity index (χ0n) is 11.2. The number of nitro benzene ring substituents is 1. The van der Waals surface area contributed by atoms with Crippen molar-refractivity contribution in [1.82, 2.24) is 0 Å². The molecule has 1 N–H and O–H groups in total. The summed E-state index contributed by atoms with van der Waals surface area (Å²) in [5.74, 6) is 0.714. The van der Waals surface area contributed by atoms with Gasteiger partial charge in [-0.05, 0) is 29.3 Å². The van der Waals surface area contributed by atoms with Crippen molar-refractivity contribution in [1.29, 1.82) is 0 Å². The van der Waals surface area contributed by atoms with Crippen molar-refractivity contribution < 1.29 is 4.92 Å². The second-order valence-corrected chi connectivity index (χ2v) is 6.47. The van der Waals surface area contributed by atoms with Gasteiger partial charge in [0.25, 0.3) is 5.69 Å². The van der Waals surface area contributed by atoms with Crippen LogP contribution in [0.4, 0.5) is 11.4 Å². The summed E-state index contributed by atoms with van der Waals surface area (Å²) in [5, 5.41) is 16.8. The Morgan fingerprint density at radius 3 is 2.95 bits per heavy atom. The molecule has 0 bridgehead atoms. The van der Waals surface area contributed by atoms with Gasteiger partial charge < -0.3 is 5.32 Å². The van der Waals surface area contributed by atoms with Gasteiger partial charge in [-0.25, -0.2) is 0 Å². The minimum atomic E-state index is -0.295. The van der Waals surface area contributed by atoms with Gasteiger partial charge in [-0.2, -0.15) is 0 Å². The van der Waals surface area contributed by atoms with Crippen LogP contribution in [0.2, 0.25) is 0 Å². The van der Waals surface area contributed by atoms with Crippen LogP contribution in [0.5, 0.6) is 0 Å². The number of benzene rings is 1. The number of nitrogens with one attached hydrogen (secondary N) is 1. The van der Waals surface area contributed by atoms with E-state index in [-0.39, 0.29) is 22.6 Å². The Labute approximate surface area is 126 Å². The SMILES string of the molecule is O=[N+]([O-])c1cccc2c1NC(c1cccs1)C1CC=CC21. The van der Waals surface area contributed by atoms with Gasteiger partial charge in [0.05, 0.1) is 11.0 Å². The highest BCUT2D eigenvalue weighted by Gasteiger charge is 2.40. The monoisotopic (exact) mass is 298 g/mol. The number of hydrogen-bond acceptors (Lipinski definition) is 4. The Morgan fingerprint density at radius 2 is 2.19 bits per heavy atom. The summed E-state index contributed by atoms with van der Waals surface area (Å²) >= 11 is 1.71. The molecule has 0 spiro atoms. The molecule has 3 atom stereocenters. The molecule has 2 aromatic rings. The number of para-hydroxylation sites is 1. The largest absolute Gasteiger partial charge is 0.371 e. The third-order valence-corrected chi connectivity index (χ3v) is 5.38. The fraction of sp³-hybridized carbons (Fsp3) is 0.250. The molecule has 4 rings (SSSR count). The number of rotatable bonds is 2. The van der Waals surface area contributed by atoms with Crippen molar-refractivity contribution in [2.45, 2.75) is 18.4 Å². The maximum Gasteiger partial charge on any atom is 0.292 e. The molecule has 1 aromatic heterocycles. The van der Waals surface area contributed by atoms with Crippen LogP contribution in [0.15, 0.2) is 47.9 Å². The Morgan fingerprint density at radius 1 is 1.29 bits per heavy atom. The van der Waals surface area contributed by atoms with Gasteiger partial charge in [-0.1, -0.05) is 30.4 Å². The van der Waals surface area contributed by atoms with Crippen molar-refractivity contribution in [2.24, 2.45) is 5.92 Å². The smallest absolute Gasteiger partial charge is 0.292 e. The molecule has 5 heteroatoms. The third kappa shape index (κ3) is 1.88. The van der Waals surface area contributed by atoms with Gasteiger partial charge in [0.15, 0.2) is 0 Å². The average Bonchev–Trinajstić information content (AvgIpc) is 3.17. The number of nitro groups is 1. The Bertz CT molecular complexity index is 724. The molecule has 0 radical (unpaired) electrons. The molecule has 1 aliphatic heterocycles. The van der Waals surface area contributed by atoms with Crippen LogP contribution in [0.25, 0.3) is 0 Å². The van der Waals surface area contributed by atoms with Crippen LogP contribution in [-0.2, 0) is 0 Å². The predicted molar refractivity (Wildman–Crippen MR) is 83.8 cm³/mol. The summed E-state index contributed by atoms with van der Waals surface area (Å²) in [6.45, 7) is 0. The quantitative estimate of drug-likeness (QED) is 0.505. The van der Waals surface area contributed by atoms with E-state index in [1.165, 1.54) is 4.88 Å². The molecular weight excluding hydrogens is 284 g/mol. The average molecular weight is 298 g/mol. The van der Waals surface area contributed by atoms with E-state index in [1.54, 1.807) is 23.5 Å². The lowest BCUT2D eigenvalue weighted by atomic mass is 9.78. The van der Waals surface area contributed by atoms with Gasteiger partial charge >= 0.3 is 0 Å². The molecule has 106 valence electrons. The minimum absolute atomic E-state index is 0.151. The molecule has 0 fully saturated rings. The van der Waals surface area contributed by atoms with E-state index in [0.29, 0.717) is 11.6 Å². The van der Waals surface area contributed by atoms with Crippen LogP contribution < -0.4 is 5.32 Å². The van der Waals surface area contributed by atoms with Gasteiger partial charge in [0.1, 0.15) is 5.69 Å². The second kappa shape index (κ2) is 4.70. The second-order valence-electron chi connectivity index (χ2n) is 5.49. The number of thiophene rings is 1. The first-order valence-corrected chi connectivity index (χ1v) is 7.87. The maximum absolute atomic E-state index is 11.3. The van der Waals surface area contributed by atoms with Crippen molar-refractivity contribution in [2.75, 3.05) is 5.32 Å². The Kier molecular flexibility index (Phi) is 2.82. The molecule has 21 heavy (non-hydrogen) atoms. The number of hydrogen-bond donors (Lipinski definition) is 1. The molecule has 2 heterocycles. The van der Waals surface area contributed by atoms with Crippen LogP contribution in [0.3, 0.4) is 0 Å². The van der Waals surface area contributed by atoms with E-state index in [9.17, 15) is 10.1 Å². The first kappa shape index (κ1) is 12.6. The highest BCUT2D eigenvalue weighted by Crippen LogP contribution is 2.52. The molecule has 0 saturated heterocycles. The highest BCUT2D eigenvalue weighted by molar-refractivity contribution is 7.10. The normalized spacial score (nSPS) is 26.0. The summed E-state index contributed by atoms with van der Waals surface area (Å²) in [6.07, 6.45) is 5.42. The van der Waals surface area contributed by atoms with Gasteiger partial charge in [-0.3, -0.25) is 10.1 Å². The Hall–Kier alpha value is -2.14. The summed E-state index contributed by atoms with van der Waals surface area (Å²) < 4.78 is 0. The summed E-state index contributed by atoms with van der Waals surface area (Å²) in [5.41, 5.74) is 1.91. The third-order valence-electron chi connectivity index (χ3n) is 4.42. The van der Waals surface area contributed by atoms with Crippen molar-refractivity contribution in [3.63, 3.8) is 0 Å². The fourth-order valence-corrected chi connectivity index (χ4v) is 4.36. The molecule has 1 aliphatic carbocycles. The van der Waals surface area contributed by atoms with Crippen molar-refractivity contribution in [3.05, 3.63) is 68.4 Å². The summed E-state index contributed by atoms with van der Waals surface area (Å²) in [6, 6.07) is 9.67. The molecule has 2 aliphatic rings. The molecular formula is C16H14N2O2S. The van der Waals surface area contributed by atoms with Gasteiger partial charge in [0.2, 0.25) is 0 Å². The van der Waals surface area contributed by atoms with Crippen LogP contribution >= 0.6 is 11.3 Å². The molecule has 0 amide bonds. The molecule has 0 saturated carbocycles. The first-order chi connectivity index (χ1) is 10.3. The maximum atomic E-state index is 11.3. The highest BCUT2D eigenvalue weighted by atomic mass is 32.1. The number of fused-ring (bicyclic) bond motifs is 3. The van der Waals surface area contributed by atoms with Crippen LogP contribution in [0.1, 0.15) is 28.8 Å². The number of allylic oxidation sites excluding steroid dienone is 2.